The molecule has 0 heterocycles. The van der Waals surface area contributed by atoms with Gasteiger partial charge < -0.3 is 10.6 Å². The monoisotopic (exact) mass is 254 g/mol. The maximum Gasteiger partial charge on any atom is 0.0316 e. The molecular weight excluding hydrogens is 232 g/mol. The van der Waals surface area contributed by atoms with Crippen LogP contribution in [0.1, 0.15) is 24.0 Å². The Morgan fingerprint density at radius 2 is 1.53 bits per heavy atom. The van der Waals surface area contributed by atoms with Gasteiger partial charge in [0.05, 0.1) is 0 Å². The molecule has 0 aromatic heterocycles. The van der Waals surface area contributed by atoms with Crippen LogP contribution in [-0.4, -0.2) is 25.0 Å². The number of likely N-dealkylation sites (N-methyl/N-ethyl adjacent to an activating group) is 1. The van der Waals surface area contributed by atoms with Gasteiger partial charge in [0.25, 0.3) is 0 Å². The highest BCUT2D eigenvalue weighted by Crippen LogP contribution is 2.30. The van der Waals surface area contributed by atoms with Crippen LogP contribution >= 0.6 is 0 Å². The van der Waals surface area contributed by atoms with E-state index >= 15 is 0 Å². The fraction of sp³-hybridized carbons (Fsp3) is 0.294. The summed E-state index contributed by atoms with van der Waals surface area (Å²) in [6.07, 6.45) is 0. The Kier molecular flexibility index (Phi) is 4.23. The van der Waals surface area contributed by atoms with E-state index in [0.717, 1.165) is 5.69 Å². The Morgan fingerprint density at radius 3 is 2.11 bits per heavy atom. The number of nitrogen functional groups attached to an aromatic ring is 1. The summed E-state index contributed by atoms with van der Waals surface area (Å²) in [5, 5.41) is 0. The van der Waals surface area contributed by atoms with E-state index in [0.29, 0.717) is 12.0 Å². The average molecular weight is 254 g/mol. The minimum Gasteiger partial charge on any atom is -0.399 e. The third-order valence-electron chi connectivity index (χ3n) is 3.73. The molecule has 2 atom stereocenters. The zero-order valence-corrected chi connectivity index (χ0v) is 11.9. The van der Waals surface area contributed by atoms with Gasteiger partial charge in [0.15, 0.2) is 0 Å². The Bertz CT molecular complexity index is 520. The fourth-order valence-electron chi connectivity index (χ4n) is 2.46. The van der Waals surface area contributed by atoms with Crippen LogP contribution in [0.25, 0.3) is 0 Å². The van der Waals surface area contributed by atoms with Crippen LogP contribution in [0.3, 0.4) is 0 Å². The van der Waals surface area contributed by atoms with Crippen LogP contribution in [0, 0.1) is 0 Å². The predicted octanol–water partition coefficient (Wildman–Crippen LogP) is 3.35. The Morgan fingerprint density at radius 1 is 0.895 bits per heavy atom. The van der Waals surface area contributed by atoms with Gasteiger partial charge in [0.2, 0.25) is 0 Å². The molecule has 0 fully saturated rings. The molecule has 0 aliphatic carbocycles. The van der Waals surface area contributed by atoms with E-state index in [1.54, 1.807) is 0 Å². The third kappa shape index (κ3) is 3.15. The number of anilines is 1. The van der Waals surface area contributed by atoms with Gasteiger partial charge in [0, 0.05) is 17.6 Å². The summed E-state index contributed by atoms with van der Waals surface area (Å²) in [5.41, 5.74) is 9.36. The maximum atomic E-state index is 5.94. The van der Waals surface area contributed by atoms with Gasteiger partial charge >= 0.3 is 0 Å². The number of rotatable bonds is 4. The SMILES string of the molecule is CC(C(c1ccccc1)c1cccc(N)c1)N(C)C. The lowest BCUT2D eigenvalue weighted by atomic mass is 9.85. The van der Waals surface area contributed by atoms with Gasteiger partial charge in [-0.3, -0.25) is 0 Å². The molecule has 2 heteroatoms. The first-order chi connectivity index (χ1) is 9.09. The van der Waals surface area contributed by atoms with E-state index in [2.05, 4.69) is 68.4 Å². The van der Waals surface area contributed by atoms with E-state index in [1.165, 1.54) is 11.1 Å². The first-order valence-corrected chi connectivity index (χ1v) is 6.66. The quantitative estimate of drug-likeness (QED) is 0.848. The molecule has 0 spiro atoms. The zero-order valence-electron chi connectivity index (χ0n) is 11.9. The van der Waals surface area contributed by atoms with Gasteiger partial charge in [-0.05, 0) is 44.3 Å². The molecule has 100 valence electrons. The van der Waals surface area contributed by atoms with E-state index in [-0.39, 0.29) is 0 Å². The van der Waals surface area contributed by atoms with E-state index in [4.69, 9.17) is 5.73 Å². The molecule has 2 rings (SSSR count). The summed E-state index contributed by atoms with van der Waals surface area (Å²) in [5.74, 6) is 0.333. The van der Waals surface area contributed by atoms with E-state index in [9.17, 15) is 0 Å². The Labute approximate surface area is 115 Å². The zero-order chi connectivity index (χ0) is 13.8. The van der Waals surface area contributed by atoms with Crippen molar-refractivity contribution in [3.8, 4) is 0 Å². The molecule has 2 aromatic rings. The van der Waals surface area contributed by atoms with Crippen molar-refractivity contribution in [2.45, 2.75) is 18.9 Å². The van der Waals surface area contributed by atoms with Gasteiger partial charge in [-0.2, -0.15) is 0 Å². The number of hydrogen-bond donors (Lipinski definition) is 1. The van der Waals surface area contributed by atoms with Crippen LogP contribution in [0.4, 0.5) is 5.69 Å². The highest BCUT2D eigenvalue weighted by atomic mass is 15.1. The summed E-state index contributed by atoms with van der Waals surface area (Å²) >= 11 is 0. The Hall–Kier alpha value is -1.80. The van der Waals surface area contributed by atoms with Gasteiger partial charge in [0.1, 0.15) is 0 Å². The lowest BCUT2D eigenvalue weighted by Crippen LogP contribution is -2.31. The molecule has 2 nitrogen and oxygen atoms in total. The van der Waals surface area contributed by atoms with Crippen LogP contribution < -0.4 is 5.73 Å². The van der Waals surface area contributed by atoms with E-state index in [1.807, 2.05) is 12.1 Å². The molecule has 2 unspecified atom stereocenters. The molecule has 2 aromatic carbocycles. The van der Waals surface area contributed by atoms with Gasteiger partial charge in [-0.25, -0.2) is 0 Å². The van der Waals surface area contributed by atoms with Crippen molar-refractivity contribution in [3.63, 3.8) is 0 Å². The minimum absolute atomic E-state index is 0.333. The molecular formula is C17H22N2. The summed E-state index contributed by atoms with van der Waals surface area (Å²) < 4.78 is 0. The minimum atomic E-state index is 0.333. The van der Waals surface area contributed by atoms with Crippen molar-refractivity contribution < 1.29 is 0 Å². The molecule has 0 bridgehead atoms. The number of nitrogens with zero attached hydrogens (tertiary/aromatic N) is 1. The lowest BCUT2D eigenvalue weighted by molar-refractivity contribution is 0.289. The van der Waals surface area contributed by atoms with Crippen molar-refractivity contribution in [1.82, 2.24) is 4.90 Å². The second kappa shape index (κ2) is 5.89. The predicted molar refractivity (Wildman–Crippen MR) is 82.3 cm³/mol. The third-order valence-corrected chi connectivity index (χ3v) is 3.73. The molecule has 2 N–H and O–H groups in total. The van der Waals surface area contributed by atoms with Crippen LogP contribution in [0.15, 0.2) is 54.6 Å². The molecule has 0 radical (unpaired) electrons. The molecule has 0 aliphatic heterocycles. The summed E-state index contributed by atoms with van der Waals surface area (Å²) in [6.45, 7) is 2.25. The molecule has 0 aliphatic rings. The molecule has 0 amide bonds. The lowest BCUT2D eigenvalue weighted by Gasteiger charge is -2.30. The van der Waals surface area contributed by atoms with Crippen LogP contribution in [0.5, 0.6) is 0 Å². The largest absolute Gasteiger partial charge is 0.399 e. The van der Waals surface area contributed by atoms with Crippen molar-refractivity contribution >= 4 is 5.69 Å². The maximum absolute atomic E-state index is 5.94. The van der Waals surface area contributed by atoms with Crippen LogP contribution in [-0.2, 0) is 0 Å². The first kappa shape index (κ1) is 13.6. The smallest absolute Gasteiger partial charge is 0.0316 e. The first-order valence-electron chi connectivity index (χ1n) is 6.66. The number of benzene rings is 2. The number of nitrogens with two attached hydrogens (primary N) is 1. The Balaban J connectivity index is 2.46. The average Bonchev–Trinajstić information content (AvgIpc) is 2.40. The molecule has 0 saturated heterocycles. The second-order valence-electron chi connectivity index (χ2n) is 5.26. The topological polar surface area (TPSA) is 29.3 Å². The standard InChI is InChI=1S/C17H22N2/c1-13(19(2)3)17(14-8-5-4-6-9-14)15-10-7-11-16(18)12-15/h4-13,17H,18H2,1-3H3. The van der Waals surface area contributed by atoms with Gasteiger partial charge in [-0.1, -0.05) is 42.5 Å². The molecule has 19 heavy (non-hydrogen) atoms. The highest BCUT2D eigenvalue weighted by molar-refractivity contribution is 5.45. The summed E-state index contributed by atoms with van der Waals surface area (Å²) in [6, 6.07) is 19.2. The van der Waals surface area contributed by atoms with E-state index < -0.39 is 0 Å². The van der Waals surface area contributed by atoms with Crippen molar-refractivity contribution in [2.75, 3.05) is 19.8 Å². The fourth-order valence-corrected chi connectivity index (χ4v) is 2.46. The van der Waals surface area contributed by atoms with Crippen LogP contribution in [0.2, 0.25) is 0 Å². The summed E-state index contributed by atoms with van der Waals surface area (Å²) in [7, 11) is 4.24. The normalized spacial score (nSPS) is 14.3. The number of hydrogen-bond acceptors (Lipinski definition) is 2. The van der Waals surface area contributed by atoms with Crippen molar-refractivity contribution in [1.29, 1.82) is 0 Å². The van der Waals surface area contributed by atoms with Gasteiger partial charge in [-0.15, -0.1) is 0 Å². The highest BCUT2D eigenvalue weighted by Gasteiger charge is 2.22. The van der Waals surface area contributed by atoms with Crippen molar-refractivity contribution in [3.05, 3.63) is 65.7 Å². The summed E-state index contributed by atoms with van der Waals surface area (Å²) in [4.78, 5) is 2.25. The van der Waals surface area contributed by atoms with Crippen molar-refractivity contribution in [2.24, 2.45) is 0 Å². The molecule has 0 saturated carbocycles. The second-order valence-corrected chi connectivity index (χ2v) is 5.26.